The number of pyridine rings is 1. The van der Waals surface area contributed by atoms with Gasteiger partial charge < -0.3 is 9.30 Å². The number of nitrogens with zero attached hydrogens (tertiary/aromatic N) is 3. The van der Waals surface area contributed by atoms with Crippen molar-refractivity contribution < 1.29 is 22.7 Å². The Kier molecular flexibility index (Phi) is 5.41. The normalized spacial score (nSPS) is 18.8. The molecule has 0 amide bonds. The number of carbonyl (C=O) groups excluding carboxylic acids is 1. The lowest BCUT2D eigenvalue weighted by Crippen LogP contribution is -2.25. The second-order valence-corrected chi connectivity index (χ2v) is 6.56. The van der Waals surface area contributed by atoms with Crippen LogP contribution >= 0.6 is 0 Å². The molecule has 0 spiro atoms. The molecule has 5 nitrogen and oxygen atoms in total. The van der Waals surface area contributed by atoms with Crippen molar-refractivity contribution in [1.29, 1.82) is 0 Å². The van der Waals surface area contributed by atoms with Gasteiger partial charge in [-0.3, -0.25) is 9.78 Å². The molecule has 1 unspecified atom stereocenters. The minimum atomic E-state index is -4.54. The van der Waals surface area contributed by atoms with Crippen molar-refractivity contribution in [2.75, 3.05) is 6.61 Å². The van der Waals surface area contributed by atoms with E-state index in [-0.39, 0.29) is 18.3 Å². The number of Topliss-reactive ketones (excluding diaryl/α,β-unsaturated/α-hetero) is 1. The number of rotatable bonds is 6. The summed E-state index contributed by atoms with van der Waals surface area (Å²) in [5.41, 5.74) is 0.562. The number of carbonyl (C=O) groups is 1. The predicted octanol–water partition coefficient (Wildman–Crippen LogP) is 3.53. The first-order valence-electron chi connectivity index (χ1n) is 8.49. The molecule has 3 rings (SSSR count). The molecule has 26 heavy (non-hydrogen) atoms. The van der Waals surface area contributed by atoms with Gasteiger partial charge in [-0.2, -0.15) is 13.2 Å². The highest BCUT2D eigenvalue weighted by Crippen LogP contribution is 2.30. The number of ether oxygens (including phenoxy) is 1. The van der Waals surface area contributed by atoms with Gasteiger partial charge in [0.15, 0.2) is 11.5 Å². The van der Waals surface area contributed by atoms with E-state index in [1.54, 1.807) is 12.3 Å². The van der Waals surface area contributed by atoms with E-state index < -0.39 is 17.9 Å². The molecule has 3 heterocycles. The topological polar surface area (TPSA) is 57.0 Å². The van der Waals surface area contributed by atoms with E-state index in [9.17, 15) is 18.0 Å². The van der Waals surface area contributed by atoms with Gasteiger partial charge in [0.1, 0.15) is 0 Å². The minimum Gasteiger partial charge on any atom is -0.378 e. The van der Waals surface area contributed by atoms with Crippen molar-refractivity contribution in [2.45, 2.75) is 50.9 Å². The Morgan fingerprint density at radius 2 is 2.19 bits per heavy atom. The Balaban J connectivity index is 1.81. The summed E-state index contributed by atoms with van der Waals surface area (Å²) >= 11 is 0. The van der Waals surface area contributed by atoms with E-state index in [0.717, 1.165) is 30.9 Å². The van der Waals surface area contributed by atoms with Gasteiger partial charge in [-0.05, 0) is 31.4 Å². The van der Waals surface area contributed by atoms with Crippen LogP contribution in [0.2, 0.25) is 0 Å². The SMILES string of the molecule is Cc1ccc(CC(=O)[C@H](CC2CCCO2)n2cnc(C(F)(F)F)c2)nc1. The molecule has 0 bridgehead atoms. The third-order valence-corrected chi connectivity index (χ3v) is 4.46. The Bertz CT molecular complexity index is 750. The Morgan fingerprint density at radius 1 is 1.38 bits per heavy atom. The summed E-state index contributed by atoms with van der Waals surface area (Å²) in [6, 6.07) is 2.85. The monoisotopic (exact) mass is 367 g/mol. The highest BCUT2D eigenvalue weighted by molar-refractivity contribution is 5.84. The van der Waals surface area contributed by atoms with Gasteiger partial charge in [-0.15, -0.1) is 0 Å². The van der Waals surface area contributed by atoms with E-state index in [1.807, 2.05) is 13.0 Å². The molecule has 1 aliphatic rings. The van der Waals surface area contributed by atoms with Crippen molar-refractivity contribution in [1.82, 2.24) is 14.5 Å². The van der Waals surface area contributed by atoms with Gasteiger partial charge in [0.25, 0.3) is 0 Å². The van der Waals surface area contributed by atoms with Crippen LogP contribution < -0.4 is 0 Å². The van der Waals surface area contributed by atoms with E-state index >= 15 is 0 Å². The zero-order chi connectivity index (χ0) is 18.7. The molecule has 0 aliphatic carbocycles. The lowest BCUT2D eigenvalue weighted by molar-refractivity contribution is -0.141. The van der Waals surface area contributed by atoms with Gasteiger partial charge in [0.05, 0.1) is 24.9 Å². The quantitative estimate of drug-likeness (QED) is 0.784. The maximum atomic E-state index is 12.9. The minimum absolute atomic E-state index is 0.0528. The molecule has 1 saturated heterocycles. The zero-order valence-corrected chi connectivity index (χ0v) is 14.4. The van der Waals surface area contributed by atoms with E-state index in [2.05, 4.69) is 9.97 Å². The summed E-state index contributed by atoms with van der Waals surface area (Å²) in [6.45, 7) is 2.51. The van der Waals surface area contributed by atoms with Crippen molar-refractivity contribution in [2.24, 2.45) is 0 Å². The highest BCUT2D eigenvalue weighted by atomic mass is 19.4. The standard InChI is InChI=1S/C18H20F3N3O2/c1-12-4-5-13(22-9-12)7-16(25)15(8-14-3-2-6-26-14)24-10-17(23-11-24)18(19,20)21/h4-5,9-11,14-15H,2-3,6-8H2,1H3/t14?,15-/m0/s1. The van der Waals surface area contributed by atoms with Crippen molar-refractivity contribution in [3.8, 4) is 0 Å². The number of halogens is 3. The van der Waals surface area contributed by atoms with Crippen LogP contribution in [0, 0.1) is 6.92 Å². The largest absolute Gasteiger partial charge is 0.434 e. The molecule has 1 fully saturated rings. The lowest BCUT2D eigenvalue weighted by atomic mass is 9.99. The van der Waals surface area contributed by atoms with Crippen molar-refractivity contribution in [3.05, 3.63) is 47.8 Å². The molecule has 0 N–H and O–H groups in total. The Morgan fingerprint density at radius 3 is 2.77 bits per heavy atom. The lowest BCUT2D eigenvalue weighted by Gasteiger charge is -2.20. The number of imidazole rings is 1. The Labute approximate surface area is 149 Å². The molecule has 2 atom stereocenters. The first-order chi connectivity index (χ1) is 12.3. The fourth-order valence-corrected chi connectivity index (χ4v) is 3.05. The number of alkyl halides is 3. The van der Waals surface area contributed by atoms with Crippen LogP contribution in [0.4, 0.5) is 13.2 Å². The Hall–Kier alpha value is -2.22. The second-order valence-electron chi connectivity index (χ2n) is 6.56. The summed E-state index contributed by atoms with van der Waals surface area (Å²) in [4.78, 5) is 20.4. The maximum absolute atomic E-state index is 12.9. The molecule has 2 aromatic heterocycles. The first-order valence-corrected chi connectivity index (χ1v) is 8.49. The number of hydrogen-bond donors (Lipinski definition) is 0. The van der Waals surface area contributed by atoms with Crippen molar-refractivity contribution >= 4 is 5.78 Å². The molecule has 0 radical (unpaired) electrons. The van der Waals surface area contributed by atoms with Gasteiger partial charge in [-0.1, -0.05) is 6.07 Å². The molecule has 1 aliphatic heterocycles. The maximum Gasteiger partial charge on any atom is 0.434 e. The zero-order valence-electron chi connectivity index (χ0n) is 14.4. The molecular formula is C18H20F3N3O2. The summed E-state index contributed by atoms with van der Waals surface area (Å²) in [5, 5.41) is 0. The molecule has 2 aromatic rings. The number of aromatic nitrogens is 3. The van der Waals surface area contributed by atoms with Crippen LogP contribution in [0.5, 0.6) is 0 Å². The number of aryl methyl sites for hydroxylation is 1. The summed E-state index contributed by atoms with van der Waals surface area (Å²) in [6.07, 6.45) is 1.03. The fourth-order valence-electron chi connectivity index (χ4n) is 3.05. The van der Waals surface area contributed by atoms with Crippen LogP contribution in [0.25, 0.3) is 0 Å². The van der Waals surface area contributed by atoms with Gasteiger partial charge >= 0.3 is 6.18 Å². The predicted molar refractivity (Wildman–Crippen MR) is 87.5 cm³/mol. The number of ketones is 1. The van der Waals surface area contributed by atoms with Crippen LogP contribution in [-0.2, 0) is 22.1 Å². The second kappa shape index (κ2) is 7.57. The van der Waals surface area contributed by atoms with E-state index in [0.29, 0.717) is 18.7 Å². The van der Waals surface area contributed by atoms with E-state index in [4.69, 9.17) is 4.74 Å². The third kappa shape index (κ3) is 4.49. The highest BCUT2D eigenvalue weighted by Gasteiger charge is 2.35. The smallest absolute Gasteiger partial charge is 0.378 e. The van der Waals surface area contributed by atoms with Crippen LogP contribution in [0.3, 0.4) is 0 Å². The summed E-state index contributed by atoms with van der Waals surface area (Å²) in [7, 11) is 0. The van der Waals surface area contributed by atoms with Gasteiger partial charge in [-0.25, -0.2) is 4.98 Å². The third-order valence-electron chi connectivity index (χ3n) is 4.46. The van der Waals surface area contributed by atoms with E-state index in [1.165, 1.54) is 4.57 Å². The van der Waals surface area contributed by atoms with Crippen LogP contribution in [-0.4, -0.2) is 33.0 Å². The summed E-state index contributed by atoms with van der Waals surface area (Å²) in [5.74, 6) is -0.206. The number of hydrogen-bond acceptors (Lipinski definition) is 4. The molecule has 140 valence electrons. The van der Waals surface area contributed by atoms with Crippen molar-refractivity contribution in [3.63, 3.8) is 0 Å². The molecule has 0 aromatic carbocycles. The van der Waals surface area contributed by atoms with Gasteiger partial charge in [0, 0.05) is 31.1 Å². The van der Waals surface area contributed by atoms with Crippen LogP contribution in [0.1, 0.15) is 42.3 Å². The molecular weight excluding hydrogens is 347 g/mol. The molecule has 8 heteroatoms. The average molecular weight is 367 g/mol. The molecule has 0 saturated carbocycles. The fraction of sp³-hybridized carbons (Fsp3) is 0.500. The van der Waals surface area contributed by atoms with Gasteiger partial charge in [0.2, 0.25) is 0 Å². The summed E-state index contributed by atoms with van der Waals surface area (Å²) < 4.78 is 45.4. The average Bonchev–Trinajstić information content (AvgIpc) is 3.25. The van der Waals surface area contributed by atoms with Crippen LogP contribution in [0.15, 0.2) is 30.9 Å². The first kappa shape index (κ1) is 18.6.